The molecule has 0 saturated carbocycles. The fourth-order valence-electron chi connectivity index (χ4n) is 2.47. The molecule has 0 fully saturated rings. The van der Waals surface area contributed by atoms with Gasteiger partial charge < -0.3 is 15.5 Å². The molecule has 0 radical (unpaired) electrons. The highest BCUT2D eigenvalue weighted by atomic mass is 16.2. The molecular formula is C15H21N3O2. The maximum absolute atomic E-state index is 12.4. The van der Waals surface area contributed by atoms with Gasteiger partial charge in [-0.05, 0) is 24.1 Å². The van der Waals surface area contributed by atoms with Crippen molar-refractivity contribution in [2.45, 2.75) is 13.3 Å². The predicted molar refractivity (Wildman–Crippen MR) is 78.8 cm³/mol. The molecule has 1 atom stereocenters. The first-order valence-corrected chi connectivity index (χ1v) is 6.86. The first-order chi connectivity index (χ1) is 9.52. The predicted octanol–water partition coefficient (Wildman–Crippen LogP) is 1.11. The molecule has 1 aromatic rings. The van der Waals surface area contributed by atoms with Gasteiger partial charge in [-0.25, -0.2) is 0 Å². The van der Waals surface area contributed by atoms with Crippen LogP contribution in [0.25, 0.3) is 0 Å². The Hall–Kier alpha value is -2.04. The number of anilines is 1. The van der Waals surface area contributed by atoms with Gasteiger partial charge >= 0.3 is 0 Å². The molecule has 0 spiro atoms. The highest BCUT2D eigenvalue weighted by Gasteiger charge is 2.20. The van der Waals surface area contributed by atoms with Crippen LogP contribution in [0.4, 0.5) is 5.69 Å². The van der Waals surface area contributed by atoms with Crippen molar-refractivity contribution >= 4 is 17.5 Å². The zero-order chi connectivity index (χ0) is 14.7. The van der Waals surface area contributed by atoms with E-state index in [1.54, 1.807) is 19.0 Å². The number of carbonyl (C=O) groups excluding carboxylic acids is 2. The minimum atomic E-state index is -0.221. The van der Waals surface area contributed by atoms with Gasteiger partial charge in [0, 0.05) is 38.4 Å². The van der Waals surface area contributed by atoms with Crippen LogP contribution in [0.5, 0.6) is 0 Å². The number of amides is 2. The molecule has 2 amide bonds. The van der Waals surface area contributed by atoms with Gasteiger partial charge in [0.2, 0.25) is 5.91 Å². The molecule has 5 nitrogen and oxygen atoms in total. The van der Waals surface area contributed by atoms with Gasteiger partial charge in [-0.3, -0.25) is 9.59 Å². The number of nitrogens with one attached hydrogen (secondary N) is 2. The van der Waals surface area contributed by atoms with Crippen molar-refractivity contribution in [2.24, 2.45) is 5.92 Å². The average Bonchev–Trinajstić information content (AvgIpc) is 2.92. The van der Waals surface area contributed by atoms with Crippen LogP contribution in [0.1, 0.15) is 22.8 Å². The fourth-order valence-corrected chi connectivity index (χ4v) is 2.47. The van der Waals surface area contributed by atoms with Crippen LogP contribution >= 0.6 is 0 Å². The molecule has 5 heteroatoms. The monoisotopic (exact) mass is 275 g/mol. The quantitative estimate of drug-likeness (QED) is 0.865. The second-order valence-electron chi connectivity index (χ2n) is 5.25. The SMILES string of the molecule is CNC(=O)C(C)CN(C)C(=O)c1ccc2c(c1)NCC2. The summed E-state index contributed by atoms with van der Waals surface area (Å²) in [6, 6.07) is 5.75. The van der Waals surface area contributed by atoms with E-state index >= 15 is 0 Å². The largest absolute Gasteiger partial charge is 0.384 e. The molecule has 108 valence electrons. The van der Waals surface area contributed by atoms with E-state index in [1.807, 2.05) is 25.1 Å². The summed E-state index contributed by atoms with van der Waals surface area (Å²) < 4.78 is 0. The molecule has 1 aliphatic heterocycles. The number of hydrogen-bond donors (Lipinski definition) is 2. The zero-order valence-electron chi connectivity index (χ0n) is 12.2. The van der Waals surface area contributed by atoms with Crippen LogP contribution in [-0.4, -0.2) is 43.9 Å². The van der Waals surface area contributed by atoms with Crippen LogP contribution in [0.2, 0.25) is 0 Å². The lowest BCUT2D eigenvalue weighted by molar-refractivity contribution is -0.124. The summed E-state index contributed by atoms with van der Waals surface area (Å²) in [7, 11) is 3.33. The molecule has 2 N–H and O–H groups in total. The van der Waals surface area contributed by atoms with E-state index in [9.17, 15) is 9.59 Å². The van der Waals surface area contributed by atoms with Gasteiger partial charge in [0.1, 0.15) is 0 Å². The van der Waals surface area contributed by atoms with Crippen molar-refractivity contribution in [1.82, 2.24) is 10.2 Å². The van der Waals surface area contributed by atoms with Crippen molar-refractivity contribution < 1.29 is 9.59 Å². The lowest BCUT2D eigenvalue weighted by atomic mass is 10.1. The first-order valence-electron chi connectivity index (χ1n) is 6.86. The second-order valence-corrected chi connectivity index (χ2v) is 5.25. The van der Waals surface area contributed by atoms with Crippen LogP contribution in [-0.2, 0) is 11.2 Å². The molecule has 1 heterocycles. The molecule has 1 aromatic carbocycles. The molecule has 0 aromatic heterocycles. The Balaban J connectivity index is 2.05. The standard InChI is InChI=1S/C15H21N3O2/c1-10(14(19)16-2)9-18(3)15(20)12-5-4-11-6-7-17-13(11)8-12/h4-5,8,10,17H,6-7,9H2,1-3H3,(H,16,19). The number of benzene rings is 1. The number of rotatable bonds is 4. The van der Waals surface area contributed by atoms with Gasteiger partial charge in [-0.2, -0.15) is 0 Å². The highest BCUT2D eigenvalue weighted by molar-refractivity contribution is 5.95. The van der Waals surface area contributed by atoms with E-state index < -0.39 is 0 Å². The maximum Gasteiger partial charge on any atom is 0.253 e. The number of fused-ring (bicyclic) bond motifs is 1. The molecular weight excluding hydrogens is 254 g/mol. The van der Waals surface area contributed by atoms with E-state index in [4.69, 9.17) is 0 Å². The Labute approximate surface area is 119 Å². The summed E-state index contributed by atoms with van der Waals surface area (Å²) in [6.07, 6.45) is 1.01. The van der Waals surface area contributed by atoms with E-state index in [0.29, 0.717) is 12.1 Å². The van der Waals surface area contributed by atoms with Crippen molar-refractivity contribution in [3.63, 3.8) is 0 Å². The Bertz CT molecular complexity index is 528. The van der Waals surface area contributed by atoms with Crippen LogP contribution in [0, 0.1) is 5.92 Å². The van der Waals surface area contributed by atoms with E-state index in [-0.39, 0.29) is 17.7 Å². The maximum atomic E-state index is 12.4. The molecule has 0 saturated heterocycles. The Morgan fingerprint density at radius 2 is 2.20 bits per heavy atom. The number of carbonyl (C=O) groups is 2. The minimum absolute atomic E-state index is 0.0553. The summed E-state index contributed by atoms with van der Waals surface area (Å²) in [5, 5.41) is 5.86. The van der Waals surface area contributed by atoms with Gasteiger partial charge in [0.25, 0.3) is 5.91 Å². The molecule has 20 heavy (non-hydrogen) atoms. The lowest BCUT2D eigenvalue weighted by Gasteiger charge is -2.21. The van der Waals surface area contributed by atoms with Gasteiger partial charge in [0.15, 0.2) is 0 Å². The summed E-state index contributed by atoms with van der Waals surface area (Å²) >= 11 is 0. The van der Waals surface area contributed by atoms with Crippen LogP contribution < -0.4 is 10.6 Å². The van der Waals surface area contributed by atoms with Gasteiger partial charge in [-0.15, -0.1) is 0 Å². The highest BCUT2D eigenvalue weighted by Crippen LogP contribution is 2.23. The molecule has 1 unspecified atom stereocenters. The van der Waals surface area contributed by atoms with Crippen molar-refractivity contribution in [3.05, 3.63) is 29.3 Å². The summed E-state index contributed by atoms with van der Waals surface area (Å²) in [5.41, 5.74) is 2.95. The lowest BCUT2D eigenvalue weighted by Crippen LogP contribution is -2.37. The third-order valence-corrected chi connectivity index (χ3v) is 3.66. The Morgan fingerprint density at radius 3 is 2.90 bits per heavy atom. The van der Waals surface area contributed by atoms with E-state index in [0.717, 1.165) is 18.7 Å². The minimum Gasteiger partial charge on any atom is -0.384 e. The van der Waals surface area contributed by atoms with Crippen molar-refractivity contribution in [2.75, 3.05) is 32.5 Å². The van der Waals surface area contributed by atoms with Crippen LogP contribution in [0.3, 0.4) is 0 Å². The zero-order valence-corrected chi connectivity index (χ0v) is 12.2. The topological polar surface area (TPSA) is 61.4 Å². The third-order valence-electron chi connectivity index (χ3n) is 3.66. The smallest absolute Gasteiger partial charge is 0.253 e. The van der Waals surface area contributed by atoms with Crippen molar-refractivity contribution in [1.29, 1.82) is 0 Å². The second kappa shape index (κ2) is 5.94. The third kappa shape index (κ3) is 2.92. The van der Waals surface area contributed by atoms with Crippen molar-refractivity contribution in [3.8, 4) is 0 Å². The molecule has 0 aliphatic carbocycles. The van der Waals surface area contributed by atoms with Gasteiger partial charge in [-0.1, -0.05) is 13.0 Å². The average molecular weight is 275 g/mol. The first kappa shape index (κ1) is 14.4. The Morgan fingerprint density at radius 1 is 1.45 bits per heavy atom. The van der Waals surface area contributed by atoms with Crippen LogP contribution in [0.15, 0.2) is 18.2 Å². The fraction of sp³-hybridized carbons (Fsp3) is 0.467. The molecule has 0 bridgehead atoms. The van der Waals surface area contributed by atoms with Gasteiger partial charge in [0.05, 0.1) is 5.92 Å². The Kier molecular flexibility index (Phi) is 4.27. The number of nitrogens with zero attached hydrogens (tertiary/aromatic N) is 1. The van der Waals surface area contributed by atoms with E-state index in [2.05, 4.69) is 10.6 Å². The summed E-state index contributed by atoms with van der Waals surface area (Å²) in [5.74, 6) is -0.334. The number of hydrogen-bond acceptors (Lipinski definition) is 3. The molecule has 1 aliphatic rings. The summed E-state index contributed by atoms with van der Waals surface area (Å²) in [6.45, 7) is 3.15. The van der Waals surface area contributed by atoms with E-state index in [1.165, 1.54) is 5.56 Å². The normalized spacial score (nSPS) is 14.2. The molecule has 2 rings (SSSR count). The summed E-state index contributed by atoms with van der Waals surface area (Å²) in [4.78, 5) is 25.5.